The second-order valence-electron chi connectivity index (χ2n) is 13.6. The van der Waals surface area contributed by atoms with E-state index in [0.717, 1.165) is 29.7 Å². The predicted molar refractivity (Wildman–Crippen MR) is 173 cm³/mol. The van der Waals surface area contributed by atoms with Gasteiger partial charge in [0.05, 0.1) is 6.10 Å². The van der Waals surface area contributed by atoms with Crippen LogP contribution >= 0.6 is 23.2 Å². The number of carbonyl (C=O) groups is 3. The number of aliphatic hydroxyl groups is 2. The number of hydrogen-bond donors (Lipinski definition) is 2. The summed E-state index contributed by atoms with van der Waals surface area (Å²) >= 11 is 11.8. The Hall–Kier alpha value is -1.90. The maximum Gasteiger partial charge on any atom is 1.00 e. The van der Waals surface area contributed by atoms with E-state index in [1.54, 1.807) is 12.2 Å². The number of fused-ring (bicyclic) bond motifs is 5. The van der Waals surface area contributed by atoms with Gasteiger partial charge in [-0.3, -0.25) is 14.4 Å². The Balaban J connectivity index is 0.00000288. The first-order chi connectivity index (χ1) is 21.0. The molecule has 7 nitrogen and oxygen atoms in total. The fourth-order valence-corrected chi connectivity index (χ4v) is 9.42. The van der Waals surface area contributed by atoms with E-state index >= 15 is 0 Å². The van der Waals surface area contributed by atoms with Crippen LogP contribution in [0.5, 0.6) is 0 Å². The molecule has 0 amide bonds. The van der Waals surface area contributed by atoms with Gasteiger partial charge in [-0.2, -0.15) is 0 Å². The van der Waals surface area contributed by atoms with Crippen LogP contribution in [0.25, 0.3) is 0 Å². The minimum absolute atomic E-state index is 0. The SMILES string of the molecule is C[C@]12C=CC(=O)C=C1CC[C@@H]1[C@@H]2[C@@H](O)C[C@@]2(C)[C@H]1CC[C@]2(O)C(=O)COC(=O)CCCc1ccc(N(CCCl)CCCl)cc1.[Cl-].[H+]. The van der Waals surface area contributed by atoms with Crippen LogP contribution in [-0.4, -0.2) is 70.9 Å². The summed E-state index contributed by atoms with van der Waals surface area (Å²) in [5, 5.41) is 23.4. The molecular formula is C35H46Cl3NO6. The van der Waals surface area contributed by atoms with Crippen molar-refractivity contribution >= 4 is 46.4 Å². The fourth-order valence-electron chi connectivity index (χ4n) is 9.01. The monoisotopic (exact) mass is 681 g/mol. The molecule has 5 rings (SSSR count). The Morgan fingerprint density at radius 2 is 1.80 bits per heavy atom. The molecule has 0 aromatic heterocycles. The van der Waals surface area contributed by atoms with E-state index < -0.39 is 40.9 Å². The minimum Gasteiger partial charge on any atom is -1.00 e. The number of esters is 1. The topological polar surface area (TPSA) is 104 Å². The number of hydrogen-bond acceptors (Lipinski definition) is 7. The molecule has 0 aliphatic heterocycles. The zero-order valence-corrected chi connectivity index (χ0v) is 28.4. The largest absolute Gasteiger partial charge is 1.00 e. The summed E-state index contributed by atoms with van der Waals surface area (Å²) in [5.41, 5.74) is 0.321. The molecule has 0 heterocycles. The van der Waals surface area contributed by atoms with Gasteiger partial charge in [-0.25, -0.2) is 0 Å². The van der Waals surface area contributed by atoms with Crippen molar-refractivity contribution < 1.29 is 43.2 Å². The van der Waals surface area contributed by atoms with Gasteiger partial charge >= 0.3 is 7.40 Å². The van der Waals surface area contributed by atoms with E-state index in [2.05, 4.69) is 11.8 Å². The van der Waals surface area contributed by atoms with Crippen LogP contribution in [-0.2, 0) is 25.5 Å². The molecule has 3 saturated carbocycles. The number of benzene rings is 1. The van der Waals surface area contributed by atoms with Crippen molar-refractivity contribution in [2.45, 2.75) is 76.9 Å². The molecule has 45 heavy (non-hydrogen) atoms. The van der Waals surface area contributed by atoms with Crippen LogP contribution in [0.15, 0.2) is 48.1 Å². The summed E-state index contributed by atoms with van der Waals surface area (Å²) in [6.45, 7) is 4.99. The first kappa shape index (κ1) is 35.9. The summed E-state index contributed by atoms with van der Waals surface area (Å²) < 4.78 is 5.39. The number of Topliss-reactive ketones (excluding diaryl/α,β-unsaturated/α-hetero) is 1. The highest BCUT2D eigenvalue weighted by molar-refractivity contribution is 6.18. The standard InChI is InChI=1S/C35H45Cl2NO6.ClH/c1-33-14-12-26(39)20-24(33)8-11-27-28-13-15-35(43,34(28,2)21-29(40)32(27)33)30(41)22-44-31(42)5-3-4-23-6-9-25(10-7-23)38(18-16-36)19-17-37;/h6-7,9-10,12,14,20,27-29,32,40,43H,3-5,8,11,13,15-19,21-22H2,1-2H3;1H/t27-,28-,29-,32+,33-,34-,35-;/m0./s1. The number of allylic oxidation sites excluding steroid dienone is 4. The number of ether oxygens (including phenoxy) is 1. The summed E-state index contributed by atoms with van der Waals surface area (Å²) in [6, 6.07) is 8.12. The first-order valence-electron chi connectivity index (χ1n) is 16.0. The quantitative estimate of drug-likeness (QED) is 0.258. The normalized spacial score (nSPS) is 33.3. The van der Waals surface area contributed by atoms with Crippen LogP contribution < -0.4 is 17.3 Å². The van der Waals surface area contributed by atoms with Gasteiger partial charge in [-0.1, -0.05) is 37.6 Å². The van der Waals surface area contributed by atoms with Gasteiger partial charge in [0.1, 0.15) is 5.60 Å². The summed E-state index contributed by atoms with van der Waals surface area (Å²) in [5.74, 6) is 0.166. The summed E-state index contributed by atoms with van der Waals surface area (Å²) in [6.07, 6.45) is 8.81. The lowest BCUT2D eigenvalue weighted by Gasteiger charge is -2.59. The number of rotatable bonds is 12. The van der Waals surface area contributed by atoms with Gasteiger partial charge < -0.3 is 32.3 Å². The lowest BCUT2D eigenvalue weighted by Crippen LogP contribution is -3.00. The zero-order valence-electron chi connectivity index (χ0n) is 27.2. The number of anilines is 1. The van der Waals surface area contributed by atoms with E-state index in [9.17, 15) is 24.6 Å². The van der Waals surface area contributed by atoms with Crippen molar-refractivity contribution in [2.24, 2.45) is 28.6 Å². The number of halogens is 3. The molecule has 0 radical (unpaired) electrons. The van der Waals surface area contributed by atoms with Gasteiger partial charge in [-0.05, 0) is 86.6 Å². The molecule has 7 atom stereocenters. The lowest BCUT2D eigenvalue weighted by atomic mass is 9.46. The van der Waals surface area contributed by atoms with Crippen LogP contribution in [0.3, 0.4) is 0 Å². The molecule has 10 heteroatoms. The van der Waals surface area contributed by atoms with Gasteiger partial charge in [0.25, 0.3) is 0 Å². The molecule has 248 valence electrons. The predicted octanol–water partition coefficient (Wildman–Crippen LogP) is 2.53. The van der Waals surface area contributed by atoms with Crippen molar-refractivity contribution in [3.05, 3.63) is 53.6 Å². The van der Waals surface area contributed by atoms with E-state index in [4.69, 9.17) is 27.9 Å². The molecule has 4 aliphatic carbocycles. The van der Waals surface area contributed by atoms with Crippen LogP contribution in [0, 0.1) is 28.6 Å². The van der Waals surface area contributed by atoms with Crippen LogP contribution in [0.2, 0.25) is 0 Å². The highest BCUT2D eigenvalue weighted by atomic mass is 35.5. The van der Waals surface area contributed by atoms with Crippen molar-refractivity contribution in [3.8, 4) is 0 Å². The third kappa shape index (κ3) is 6.76. The van der Waals surface area contributed by atoms with E-state index in [-0.39, 0.29) is 56.6 Å². The Morgan fingerprint density at radius 3 is 2.47 bits per heavy atom. The molecule has 0 unspecified atom stereocenters. The maximum absolute atomic E-state index is 13.5. The van der Waals surface area contributed by atoms with E-state index in [1.165, 1.54) is 0 Å². The number of carbonyl (C=O) groups excluding carboxylic acids is 3. The van der Waals surface area contributed by atoms with Gasteiger partial charge in [0, 0.05) is 53.7 Å². The van der Waals surface area contributed by atoms with Gasteiger partial charge in [-0.15, -0.1) is 23.2 Å². The molecule has 4 aliphatic rings. The average molecular weight is 683 g/mol. The van der Waals surface area contributed by atoms with Crippen molar-refractivity contribution in [3.63, 3.8) is 0 Å². The number of alkyl halides is 2. The van der Waals surface area contributed by atoms with Crippen molar-refractivity contribution in [1.82, 2.24) is 0 Å². The molecule has 2 N–H and O–H groups in total. The number of aliphatic hydroxyl groups excluding tert-OH is 1. The summed E-state index contributed by atoms with van der Waals surface area (Å²) in [4.78, 5) is 40.3. The second-order valence-corrected chi connectivity index (χ2v) is 14.3. The zero-order chi connectivity index (χ0) is 31.7. The maximum atomic E-state index is 13.5. The van der Waals surface area contributed by atoms with Gasteiger partial charge in [0.15, 0.2) is 12.4 Å². The number of ketones is 2. The molecule has 1 aromatic carbocycles. The third-order valence-electron chi connectivity index (χ3n) is 11.3. The Labute approximate surface area is 284 Å². The van der Waals surface area contributed by atoms with Crippen molar-refractivity contribution in [1.29, 1.82) is 0 Å². The number of nitrogens with zero attached hydrogens (tertiary/aromatic N) is 1. The van der Waals surface area contributed by atoms with Crippen molar-refractivity contribution in [2.75, 3.05) is 36.4 Å². The Bertz CT molecular complexity index is 1320. The molecule has 0 spiro atoms. The number of aryl methyl sites for hydroxylation is 1. The van der Waals surface area contributed by atoms with Crippen LogP contribution in [0.4, 0.5) is 5.69 Å². The highest BCUT2D eigenvalue weighted by Crippen LogP contribution is 2.67. The smallest absolute Gasteiger partial charge is 1.00 e. The molecule has 0 saturated heterocycles. The molecule has 3 fully saturated rings. The minimum atomic E-state index is -1.66. The second kappa shape index (κ2) is 14.5. The third-order valence-corrected chi connectivity index (χ3v) is 11.7. The average Bonchev–Trinajstić information content (AvgIpc) is 3.27. The fraction of sp³-hybridized carbons (Fsp3) is 0.629. The van der Waals surface area contributed by atoms with Crippen LogP contribution in [0.1, 0.15) is 65.8 Å². The molecule has 0 bridgehead atoms. The Kier molecular flexibility index (Phi) is 11.6. The highest BCUT2D eigenvalue weighted by Gasteiger charge is 2.68. The van der Waals surface area contributed by atoms with E-state index in [0.29, 0.717) is 44.1 Å². The Morgan fingerprint density at radius 1 is 1.11 bits per heavy atom. The van der Waals surface area contributed by atoms with Gasteiger partial charge in [0.2, 0.25) is 5.78 Å². The summed E-state index contributed by atoms with van der Waals surface area (Å²) in [7, 11) is 0. The van der Waals surface area contributed by atoms with E-state index in [1.807, 2.05) is 37.3 Å². The lowest BCUT2D eigenvalue weighted by molar-refractivity contribution is -0.181. The molecule has 1 aromatic rings. The first-order valence-corrected chi connectivity index (χ1v) is 17.0. The molecular weight excluding hydrogens is 637 g/mol.